The Bertz CT molecular complexity index is 1530. The lowest BCUT2D eigenvalue weighted by Crippen LogP contribution is -2.22. The summed E-state index contributed by atoms with van der Waals surface area (Å²) in [6.07, 6.45) is 6.87. The molecule has 48 heavy (non-hydrogen) atoms. The lowest BCUT2D eigenvalue weighted by Gasteiger charge is -2.29. The molecule has 3 aromatic carbocycles. The molecule has 0 aromatic heterocycles. The number of nitrogens with two attached hydrogens (primary N) is 1. The first-order valence-electron chi connectivity index (χ1n) is 16.5. The first kappa shape index (κ1) is 41.2. The number of allylic oxidation sites excluding steroid dienone is 1. The van der Waals surface area contributed by atoms with Crippen molar-refractivity contribution in [3.8, 4) is 17.2 Å². The van der Waals surface area contributed by atoms with Crippen LogP contribution >= 0.6 is 0 Å². The number of aliphatic imine (C=N–C) groups is 1. The molecule has 1 aliphatic heterocycles. The van der Waals surface area contributed by atoms with Gasteiger partial charge in [-0.3, -0.25) is 4.99 Å². The summed E-state index contributed by atoms with van der Waals surface area (Å²) in [5.74, 6) is -0.126. The normalized spacial score (nSPS) is 12.6. The summed E-state index contributed by atoms with van der Waals surface area (Å²) in [4.78, 5) is 4.29. The minimum Gasteiger partial charge on any atom is -0.405 e. The monoisotopic (exact) mass is 656 g/mol. The van der Waals surface area contributed by atoms with Crippen LogP contribution < -0.4 is 11.1 Å². The Kier molecular flexibility index (Phi) is 19.4. The molecular formula is C41H51F3N4. The highest BCUT2D eigenvalue weighted by atomic mass is 19.4. The highest BCUT2D eigenvalue weighted by molar-refractivity contribution is 5.75. The molecule has 2 atom stereocenters. The van der Waals surface area contributed by atoms with Gasteiger partial charge < -0.3 is 11.1 Å². The second kappa shape index (κ2) is 22.7. The number of benzene rings is 3. The van der Waals surface area contributed by atoms with Crippen molar-refractivity contribution in [1.82, 2.24) is 5.32 Å². The maximum Gasteiger partial charge on any atom is 0.417 e. The topological polar surface area (TPSA) is 74.2 Å². The van der Waals surface area contributed by atoms with Gasteiger partial charge in [-0.15, -0.1) is 0 Å². The van der Waals surface area contributed by atoms with E-state index in [-0.39, 0.29) is 17.4 Å². The van der Waals surface area contributed by atoms with Crippen LogP contribution in [-0.2, 0) is 12.6 Å². The van der Waals surface area contributed by atoms with Crippen LogP contribution in [0.5, 0.6) is 0 Å². The van der Waals surface area contributed by atoms with E-state index >= 15 is 0 Å². The minimum atomic E-state index is -4.62. The van der Waals surface area contributed by atoms with Crippen molar-refractivity contribution >= 4 is 12.3 Å². The second-order valence-corrected chi connectivity index (χ2v) is 10.6. The summed E-state index contributed by atoms with van der Waals surface area (Å²) in [7, 11) is 0. The lowest BCUT2D eigenvalue weighted by atomic mass is 9.76. The molecule has 1 heterocycles. The second-order valence-electron chi connectivity index (χ2n) is 10.6. The van der Waals surface area contributed by atoms with Crippen molar-refractivity contribution in [3.63, 3.8) is 0 Å². The molecule has 0 aliphatic carbocycles. The van der Waals surface area contributed by atoms with Crippen molar-refractivity contribution in [2.75, 3.05) is 13.1 Å². The van der Waals surface area contributed by atoms with Crippen LogP contribution in [0.25, 0.3) is 17.2 Å². The Balaban J connectivity index is 0.00000153. The van der Waals surface area contributed by atoms with Gasteiger partial charge in [-0.1, -0.05) is 102 Å². The summed E-state index contributed by atoms with van der Waals surface area (Å²) in [6, 6.07) is 22.2. The van der Waals surface area contributed by atoms with Gasteiger partial charge in [-0.05, 0) is 108 Å². The molecule has 4 rings (SSSR count). The Morgan fingerprint density at radius 2 is 1.62 bits per heavy atom. The number of halogens is 3. The summed E-state index contributed by atoms with van der Waals surface area (Å²) < 4.78 is 42.0. The summed E-state index contributed by atoms with van der Waals surface area (Å²) >= 11 is 0. The maximum atomic E-state index is 14.0. The SMILES string of the molecule is C=CN.C=CNCCC(CCC1=CC=NC1)C(Cc1cccc(-c2cccc(C=C)c2)c1)c1ccc(C#N)c(C(F)(F)F)c1.CC.CC. The zero-order valence-electron chi connectivity index (χ0n) is 28.9. The van der Waals surface area contributed by atoms with Gasteiger partial charge >= 0.3 is 6.18 Å². The van der Waals surface area contributed by atoms with Crippen LogP contribution in [0.3, 0.4) is 0 Å². The van der Waals surface area contributed by atoms with Gasteiger partial charge in [0.1, 0.15) is 0 Å². The van der Waals surface area contributed by atoms with Crippen molar-refractivity contribution in [3.05, 3.63) is 138 Å². The van der Waals surface area contributed by atoms with E-state index in [4.69, 9.17) is 0 Å². The predicted molar refractivity (Wildman–Crippen MR) is 199 cm³/mol. The number of rotatable bonds is 13. The third kappa shape index (κ3) is 13.1. The third-order valence-corrected chi connectivity index (χ3v) is 7.65. The van der Waals surface area contributed by atoms with Gasteiger partial charge in [0.15, 0.2) is 0 Å². The number of nitriles is 1. The molecule has 0 fully saturated rings. The third-order valence-electron chi connectivity index (χ3n) is 7.65. The first-order valence-corrected chi connectivity index (χ1v) is 16.5. The smallest absolute Gasteiger partial charge is 0.405 e. The van der Waals surface area contributed by atoms with Gasteiger partial charge in [-0.25, -0.2) is 0 Å². The molecule has 0 spiro atoms. The van der Waals surface area contributed by atoms with Gasteiger partial charge in [-0.2, -0.15) is 18.4 Å². The molecule has 7 heteroatoms. The van der Waals surface area contributed by atoms with Gasteiger partial charge in [0.05, 0.1) is 23.7 Å². The predicted octanol–water partition coefficient (Wildman–Crippen LogP) is 10.9. The molecule has 0 radical (unpaired) electrons. The molecule has 4 nitrogen and oxygen atoms in total. The molecule has 256 valence electrons. The molecule has 0 bridgehead atoms. The summed E-state index contributed by atoms with van der Waals surface area (Å²) in [5.41, 5.74) is 9.34. The number of nitrogens with one attached hydrogen (secondary N) is 1. The average Bonchev–Trinajstić information content (AvgIpc) is 3.64. The Hall–Kier alpha value is -4.83. The van der Waals surface area contributed by atoms with Gasteiger partial charge in [0.2, 0.25) is 0 Å². The van der Waals surface area contributed by atoms with Crippen molar-refractivity contribution in [2.45, 2.75) is 65.5 Å². The zero-order valence-corrected chi connectivity index (χ0v) is 28.9. The summed E-state index contributed by atoms with van der Waals surface area (Å²) in [6.45, 7) is 20.1. The lowest BCUT2D eigenvalue weighted by molar-refractivity contribution is -0.137. The van der Waals surface area contributed by atoms with E-state index in [1.54, 1.807) is 24.4 Å². The molecule has 0 amide bonds. The molecular weight excluding hydrogens is 605 g/mol. The van der Waals surface area contributed by atoms with Crippen LogP contribution in [0.1, 0.15) is 80.7 Å². The molecule has 3 aromatic rings. The Labute approximate surface area is 286 Å². The van der Waals surface area contributed by atoms with E-state index in [1.165, 1.54) is 23.9 Å². The molecule has 3 N–H and O–H groups in total. The fourth-order valence-electron chi connectivity index (χ4n) is 5.49. The highest BCUT2D eigenvalue weighted by Crippen LogP contribution is 2.39. The fourth-order valence-corrected chi connectivity index (χ4v) is 5.49. The van der Waals surface area contributed by atoms with Crippen molar-refractivity contribution in [1.29, 1.82) is 5.26 Å². The van der Waals surface area contributed by atoms with Gasteiger partial charge in [0, 0.05) is 12.8 Å². The number of hydrogen-bond acceptors (Lipinski definition) is 4. The van der Waals surface area contributed by atoms with Gasteiger partial charge in [0.25, 0.3) is 0 Å². The van der Waals surface area contributed by atoms with E-state index in [1.807, 2.05) is 76.4 Å². The largest absolute Gasteiger partial charge is 0.417 e. The van der Waals surface area contributed by atoms with E-state index < -0.39 is 11.7 Å². The number of alkyl halides is 3. The van der Waals surface area contributed by atoms with Crippen LogP contribution in [-0.4, -0.2) is 19.3 Å². The van der Waals surface area contributed by atoms with Crippen LogP contribution in [0.2, 0.25) is 0 Å². The molecule has 0 saturated carbocycles. The minimum absolute atomic E-state index is 0.0747. The number of hydrogen-bond donors (Lipinski definition) is 2. The number of nitrogens with zero attached hydrogens (tertiary/aromatic N) is 2. The van der Waals surface area contributed by atoms with E-state index in [2.05, 4.69) is 47.9 Å². The zero-order chi connectivity index (χ0) is 36.0. The van der Waals surface area contributed by atoms with Crippen LogP contribution in [0.15, 0.2) is 116 Å². The van der Waals surface area contributed by atoms with Crippen LogP contribution in [0, 0.1) is 17.2 Å². The van der Waals surface area contributed by atoms with Crippen LogP contribution in [0.4, 0.5) is 13.2 Å². The Morgan fingerprint density at radius 1 is 0.958 bits per heavy atom. The maximum absolute atomic E-state index is 14.0. The van der Waals surface area contributed by atoms with Crippen molar-refractivity contribution in [2.24, 2.45) is 16.6 Å². The highest BCUT2D eigenvalue weighted by Gasteiger charge is 2.35. The molecule has 1 aliphatic rings. The standard InChI is InChI=1S/C35H34F3N3.C2H5N.2C2H6/c1-3-25-7-5-9-29(19-25)30-10-6-8-27(20-30)21-33(31-13-14-32(23-39)34(22-31)35(36,37)38)28(16-18-40-4-2)12-11-26-15-17-41-24-26;1-2-3;2*1-2/h3-10,13-15,17,19-20,22,28,33,40H,1-2,11-12,16,18,21,24H2;2H,1,3H2;2*1-2H3. The van der Waals surface area contributed by atoms with E-state index in [0.29, 0.717) is 25.1 Å². The Morgan fingerprint density at radius 3 is 2.21 bits per heavy atom. The first-order chi connectivity index (χ1) is 23.2. The van der Waals surface area contributed by atoms with E-state index in [9.17, 15) is 18.4 Å². The average molecular weight is 657 g/mol. The molecule has 0 saturated heterocycles. The summed E-state index contributed by atoms with van der Waals surface area (Å²) in [5, 5.41) is 12.6. The molecule has 2 unspecified atom stereocenters. The quantitative estimate of drug-likeness (QED) is 0.180. The fraction of sp³-hybridized carbons (Fsp3) is 0.317. The van der Waals surface area contributed by atoms with E-state index in [0.717, 1.165) is 41.5 Å². The van der Waals surface area contributed by atoms with Crippen molar-refractivity contribution < 1.29 is 13.2 Å².